The van der Waals surface area contributed by atoms with Crippen LogP contribution in [-0.4, -0.2) is 24.1 Å². The third-order valence-electron chi connectivity index (χ3n) is 12.0. The Labute approximate surface area is 358 Å². The molecule has 0 N–H and O–H groups in total. The van der Waals surface area contributed by atoms with Crippen LogP contribution in [0.5, 0.6) is 0 Å². The fourth-order valence-electron chi connectivity index (χ4n) is 9.12. The summed E-state index contributed by atoms with van der Waals surface area (Å²) in [5, 5.41) is 10.1. The van der Waals surface area contributed by atoms with Gasteiger partial charge in [-0.3, -0.25) is 0 Å². The molecule has 5 heteroatoms. The molecule has 0 radical (unpaired) electrons. The number of hydrogen-bond acceptors (Lipinski definition) is 3. The third-order valence-corrected chi connectivity index (χ3v) is 12.0. The normalized spacial score (nSPS) is 11.5. The van der Waals surface area contributed by atoms with Gasteiger partial charge in [0.2, 0.25) is 0 Å². The second kappa shape index (κ2) is 14.7. The van der Waals surface area contributed by atoms with Crippen molar-refractivity contribution in [2.45, 2.75) is 0 Å². The number of nitrogens with zero attached hydrogens (tertiary/aromatic N) is 5. The van der Waals surface area contributed by atoms with Crippen LogP contribution < -0.4 is 0 Å². The van der Waals surface area contributed by atoms with Crippen molar-refractivity contribution in [3.63, 3.8) is 0 Å². The summed E-state index contributed by atoms with van der Waals surface area (Å²) in [6, 6.07) is 79.0. The van der Waals surface area contributed by atoms with Crippen molar-refractivity contribution in [2.24, 2.45) is 0 Å². The van der Waals surface area contributed by atoms with Crippen LogP contribution in [0, 0.1) is 0 Å². The Hall–Kier alpha value is -8.41. The van der Waals surface area contributed by atoms with Crippen LogP contribution in [0.4, 0.5) is 0 Å². The van der Waals surface area contributed by atoms with Crippen LogP contribution in [-0.2, 0) is 0 Å². The lowest BCUT2D eigenvalue weighted by molar-refractivity contribution is 0.979. The van der Waals surface area contributed by atoms with Crippen molar-refractivity contribution in [1.29, 1.82) is 0 Å². The molecule has 0 saturated heterocycles. The molecular formula is C57H37N5. The molecule has 4 heterocycles. The van der Waals surface area contributed by atoms with E-state index in [0.29, 0.717) is 5.82 Å². The molecule has 0 aliphatic carbocycles. The van der Waals surface area contributed by atoms with Gasteiger partial charge in [-0.2, -0.15) is 5.10 Å². The van der Waals surface area contributed by atoms with E-state index < -0.39 is 0 Å². The summed E-state index contributed by atoms with van der Waals surface area (Å²) in [5.41, 5.74) is 15.5. The molecule has 0 atom stereocenters. The highest BCUT2D eigenvalue weighted by atomic mass is 15.2. The summed E-state index contributed by atoms with van der Waals surface area (Å²) in [4.78, 5) is 10.5. The summed E-state index contributed by atoms with van der Waals surface area (Å²) in [7, 11) is 0. The third kappa shape index (κ3) is 5.90. The predicted molar refractivity (Wildman–Crippen MR) is 255 cm³/mol. The zero-order valence-corrected chi connectivity index (χ0v) is 33.6. The second-order valence-corrected chi connectivity index (χ2v) is 15.6. The van der Waals surface area contributed by atoms with E-state index in [4.69, 9.17) is 15.1 Å². The first kappa shape index (κ1) is 35.5. The Morgan fingerprint density at radius 2 is 0.968 bits per heavy atom. The molecule has 8 aromatic carbocycles. The predicted octanol–water partition coefficient (Wildman–Crippen LogP) is 14.4. The first-order chi connectivity index (χ1) is 30.8. The molecule has 5 nitrogen and oxygen atoms in total. The first-order valence-corrected chi connectivity index (χ1v) is 21.0. The van der Waals surface area contributed by atoms with Gasteiger partial charge in [-0.1, -0.05) is 188 Å². The summed E-state index contributed by atoms with van der Waals surface area (Å²) in [6.07, 6.45) is 0. The van der Waals surface area contributed by atoms with E-state index in [0.717, 1.165) is 94.7 Å². The summed E-state index contributed by atoms with van der Waals surface area (Å²) < 4.78 is 4.49. The second-order valence-electron chi connectivity index (χ2n) is 15.6. The van der Waals surface area contributed by atoms with Crippen molar-refractivity contribution in [3.8, 4) is 73.2 Å². The van der Waals surface area contributed by atoms with Crippen LogP contribution in [0.1, 0.15) is 0 Å². The van der Waals surface area contributed by atoms with Crippen LogP contribution >= 0.6 is 0 Å². The number of aromatic nitrogens is 5. The molecule has 62 heavy (non-hydrogen) atoms. The number of pyridine rings is 1. The van der Waals surface area contributed by atoms with Gasteiger partial charge < -0.3 is 4.57 Å². The van der Waals surface area contributed by atoms with E-state index in [2.05, 4.69) is 215 Å². The SMILES string of the molecule is c1ccc(-c2nc(-c3ccc(-c4nn5c(-c6ccccc6)cc6ccccc6c5c4-c4ccccc4)cc3)cc(-c3cccc4c3c3ccccc3n4-c3ccccc3)n2)cc1. The molecule has 12 rings (SSSR count). The fourth-order valence-corrected chi connectivity index (χ4v) is 9.12. The van der Waals surface area contributed by atoms with E-state index >= 15 is 0 Å². The average molecular weight is 792 g/mol. The van der Waals surface area contributed by atoms with Crippen molar-refractivity contribution in [3.05, 3.63) is 224 Å². The molecule has 4 aromatic heterocycles. The lowest BCUT2D eigenvalue weighted by Gasteiger charge is -2.12. The molecule has 0 spiro atoms. The highest BCUT2D eigenvalue weighted by Gasteiger charge is 2.23. The average Bonchev–Trinajstić information content (AvgIpc) is 3.92. The van der Waals surface area contributed by atoms with E-state index in [9.17, 15) is 0 Å². The topological polar surface area (TPSA) is 48.0 Å². The largest absolute Gasteiger partial charge is 0.309 e. The standard InChI is InChI=1S/C57H37N5/c1-5-18-39(19-6-1)52-36-43-24-13-14-27-45(43)56-53(40-20-7-2-8-21-40)55(60-62(52)56)41-34-32-38(33-35-41)48-37-49(59-57(58-48)42-22-9-3-10-23-42)46-29-17-31-51-54(46)47-28-15-16-30-50(47)61(51)44-25-11-4-12-26-44/h1-37H. The Morgan fingerprint density at radius 1 is 0.387 bits per heavy atom. The first-order valence-electron chi connectivity index (χ1n) is 21.0. The van der Waals surface area contributed by atoms with Gasteiger partial charge >= 0.3 is 0 Å². The van der Waals surface area contributed by atoms with Crippen molar-refractivity contribution >= 4 is 38.1 Å². The zero-order valence-electron chi connectivity index (χ0n) is 33.6. The van der Waals surface area contributed by atoms with Gasteiger partial charge in [0, 0.05) is 55.2 Å². The lowest BCUT2D eigenvalue weighted by Crippen LogP contribution is -1.97. The molecule has 0 bridgehead atoms. The van der Waals surface area contributed by atoms with Gasteiger partial charge in [-0.05, 0) is 47.3 Å². The maximum absolute atomic E-state index is 5.46. The zero-order chi connectivity index (χ0) is 41.0. The van der Waals surface area contributed by atoms with Crippen molar-refractivity contribution < 1.29 is 0 Å². The smallest absolute Gasteiger partial charge is 0.160 e. The van der Waals surface area contributed by atoms with E-state index in [1.807, 2.05) is 18.2 Å². The van der Waals surface area contributed by atoms with Crippen LogP contribution in [0.25, 0.3) is 111 Å². The van der Waals surface area contributed by atoms with Gasteiger partial charge in [0.25, 0.3) is 0 Å². The Kier molecular flexibility index (Phi) is 8.42. The van der Waals surface area contributed by atoms with E-state index in [-0.39, 0.29) is 0 Å². The van der Waals surface area contributed by atoms with Gasteiger partial charge in [0.15, 0.2) is 5.82 Å². The highest BCUT2D eigenvalue weighted by molar-refractivity contribution is 6.15. The number of rotatable bonds is 7. The van der Waals surface area contributed by atoms with Crippen LogP contribution in [0.3, 0.4) is 0 Å². The molecule has 0 aliphatic heterocycles. The fraction of sp³-hybridized carbons (Fsp3) is 0. The Balaban J connectivity index is 1.05. The highest BCUT2D eigenvalue weighted by Crippen LogP contribution is 2.42. The quantitative estimate of drug-likeness (QED) is 0.162. The summed E-state index contributed by atoms with van der Waals surface area (Å²) >= 11 is 0. The minimum absolute atomic E-state index is 0.679. The van der Waals surface area contributed by atoms with Gasteiger partial charge in [-0.25, -0.2) is 14.5 Å². The van der Waals surface area contributed by atoms with E-state index in [1.165, 1.54) is 10.8 Å². The monoisotopic (exact) mass is 791 g/mol. The minimum atomic E-state index is 0.679. The number of hydrogen-bond donors (Lipinski definition) is 0. The summed E-state index contributed by atoms with van der Waals surface area (Å²) in [6.45, 7) is 0. The Morgan fingerprint density at radius 3 is 1.71 bits per heavy atom. The Bertz CT molecular complexity index is 3590. The number of benzene rings is 8. The summed E-state index contributed by atoms with van der Waals surface area (Å²) in [5.74, 6) is 0.679. The van der Waals surface area contributed by atoms with Crippen molar-refractivity contribution in [1.82, 2.24) is 24.1 Å². The number of fused-ring (bicyclic) bond motifs is 6. The number of para-hydroxylation sites is 2. The van der Waals surface area contributed by atoms with Gasteiger partial charge in [0.1, 0.15) is 5.69 Å². The minimum Gasteiger partial charge on any atom is -0.309 e. The molecule has 290 valence electrons. The van der Waals surface area contributed by atoms with Crippen molar-refractivity contribution in [2.75, 3.05) is 0 Å². The van der Waals surface area contributed by atoms with E-state index in [1.54, 1.807) is 0 Å². The lowest BCUT2D eigenvalue weighted by atomic mass is 9.96. The molecule has 0 fully saturated rings. The molecule has 12 aromatic rings. The molecule has 0 amide bonds. The van der Waals surface area contributed by atoms with Crippen LogP contribution in [0.15, 0.2) is 224 Å². The van der Waals surface area contributed by atoms with Crippen LogP contribution in [0.2, 0.25) is 0 Å². The molecule has 0 saturated carbocycles. The van der Waals surface area contributed by atoms with Gasteiger partial charge in [-0.15, -0.1) is 0 Å². The molecular weight excluding hydrogens is 755 g/mol. The van der Waals surface area contributed by atoms with Gasteiger partial charge in [0.05, 0.1) is 33.6 Å². The maximum atomic E-state index is 5.46. The molecule has 0 aliphatic rings. The maximum Gasteiger partial charge on any atom is 0.160 e. The molecule has 0 unspecified atom stereocenters.